The normalized spacial score (nSPS) is 12.4. The van der Waals surface area contributed by atoms with Crippen LogP contribution in [-0.2, 0) is 16.4 Å². The second kappa shape index (κ2) is 7.42. The molecular formula is C18H22N2O2S. The minimum atomic E-state index is -3.62. The van der Waals surface area contributed by atoms with E-state index in [0.29, 0.717) is 12.3 Å². The number of sulfonamides is 1. The molecule has 23 heavy (non-hydrogen) atoms. The van der Waals surface area contributed by atoms with Crippen molar-refractivity contribution in [2.75, 3.05) is 0 Å². The van der Waals surface area contributed by atoms with Crippen molar-refractivity contribution in [2.24, 2.45) is 4.99 Å². The Hall–Kier alpha value is -2.14. The van der Waals surface area contributed by atoms with Gasteiger partial charge in [0, 0.05) is 12.5 Å². The molecule has 0 saturated heterocycles. The molecule has 0 aliphatic carbocycles. The molecule has 5 heteroatoms. The van der Waals surface area contributed by atoms with E-state index in [0.717, 1.165) is 11.1 Å². The number of nitrogens with zero attached hydrogens (tertiary/aromatic N) is 1. The number of hydrogen-bond donors (Lipinski definition) is 1. The van der Waals surface area contributed by atoms with Crippen LogP contribution in [0.15, 0.2) is 64.5 Å². The molecule has 2 aromatic rings. The van der Waals surface area contributed by atoms with Crippen molar-refractivity contribution in [3.63, 3.8) is 0 Å². The quantitative estimate of drug-likeness (QED) is 0.675. The van der Waals surface area contributed by atoms with Crippen LogP contribution in [0.4, 0.5) is 0 Å². The van der Waals surface area contributed by atoms with Crippen LogP contribution in [0, 0.1) is 6.92 Å². The standard InChI is InChI=1S/C18H22N2O2S/c1-14(2)19-18(13-16-7-5-4-6-8-16)20-23(21,22)17-11-9-15(3)10-12-17/h4-12,14H,13H2,1-3H3,(H,19,20). The molecule has 0 heterocycles. The van der Waals surface area contributed by atoms with Crippen LogP contribution < -0.4 is 4.72 Å². The largest absolute Gasteiger partial charge is 0.269 e. The molecule has 2 rings (SSSR count). The topological polar surface area (TPSA) is 58.5 Å². The molecule has 0 atom stereocenters. The van der Waals surface area contributed by atoms with Gasteiger partial charge in [0.2, 0.25) is 0 Å². The summed E-state index contributed by atoms with van der Waals surface area (Å²) in [4.78, 5) is 4.67. The minimum Gasteiger partial charge on any atom is -0.269 e. The summed E-state index contributed by atoms with van der Waals surface area (Å²) in [6, 6.07) is 16.5. The fourth-order valence-electron chi connectivity index (χ4n) is 2.14. The van der Waals surface area contributed by atoms with E-state index in [1.807, 2.05) is 51.1 Å². The Morgan fingerprint density at radius 2 is 1.65 bits per heavy atom. The monoisotopic (exact) mass is 330 g/mol. The molecule has 0 aromatic heterocycles. The molecular weight excluding hydrogens is 308 g/mol. The fraction of sp³-hybridized carbons (Fsp3) is 0.278. The van der Waals surface area contributed by atoms with Crippen LogP contribution >= 0.6 is 0 Å². The molecule has 0 aliphatic heterocycles. The van der Waals surface area contributed by atoms with Crippen molar-refractivity contribution < 1.29 is 8.42 Å². The van der Waals surface area contributed by atoms with Gasteiger partial charge in [-0.25, -0.2) is 8.42 Å². The van der Waals surface area contributed by atoms with E-state index < -0.39 is 10.0 Å². The van der Waals surface area contributed by atoms with Crippen molar-refractivity contribution in [3.05, 3.63) is 65.7 Å². The lowest BCUT2D eigenvalue weighted by Crippen LogP contribution is -2.33. The van der Waals surface area contributed by atoms with Gasteiger partial charge in [-0.05, 0) is 38.5 Å². The molecule has 4 nitrogen and oxygen atoms in total. The first-order valence-corrected chi connectivity index (χ1v) is 9.05. The molecule has 0 unspecified atom stereocenters. The smallest absolute Gasteiger partial charge is 0.262 e. The zero-order chi connectivity index (χ0) is 16.9. The highest BCUT2D eigenvalue weighted by molar-refractivity contribution is 7.90. The van der Waals surface area contributed by atoms with Crippen molar-refractivity contribution in [2.45, 2.75) is 38.1 Å². The number of amidine groups is 1. The average Bonchev–Trinajstić information content (AvgIpc) is 2.47. The predicted octanol–water partition coefficient (Wildman–Crippen LogP) is 3.32. The summed E-state index contributed by atoms with van der Waals surface area (Å²) < 4.78 is 27.7. The summed E-state index contributed by atoms with van der Waals surface area (Å²) in [5.41, 5.74) is 2.03. The van der Waals surface area contributed by atoms with E-state index in [4.69, 9.17) is 0 Å². The van der Waals surface area contributed by atoms with Crippen molar-refractivity contribution in [1.82, 2.24) is 4.72 Å². The van der Waals surface area contributed by atoms with Crippen LogP contribution in [0.25, 0.3) is 0 Å². The van der Waals surface area contributed by atoms with Crippen LogP contribution in [0.3, 0.4) is 0 Å². The van der Waals surface area contributed by atoms with Gasteiger partial charge in [0.05, 0.1) is 4.90 Å². The molecule has 0 bridgehead atoms. The fourth-order valence-corrected chi connectivity index (χ4v) is 3.19. The Bertz CT molecular complexity index is 764. The molecule has 122 valence electrons. The van der Waals surface area contributed by atoms with Crippen molar-refractivity contribution >= 4 is 15.9 Å². The SMILES string of the molecule is Cc1ccc(S(=O)(=O)NC(Cc2ccccc2)=NC(C)C)cc1. The zero-order valence-corrected chi connectivity index (χ0v) is 14.5. The van der Waals surface area contributed by atoms with Crippen LogP contribution in [0.1, 0.15) is 25.0 Å². The van der Waals surface area contributed by atoms with Gasteiger partial charge in [-0.2, -0.15) is 0 Å². The van der Waals surface area contributed by atoms with E-state index in [9.17, 15) is 8.42 Å². The Morgan fingerprint density at radius 3 is 2.22 bits per heavy atom. The highest BCUT2D eigenvalue weighted by Gasteiger charge is 2.16. The Labute approximate surface area is 138 Å². The summed E-state index contributed by atoms with van der Waals surface area (Å²) in [5.74, 6) is 0.451. The van der Waals surface area contributed by atoms with Crippen LogP contribution in [0.5, 0.6) is 0 Å². The van der Waals surface area contributed by atoms with Gasteiger partial charge in [0.25, 0.3) is 10.0 Å². The molecule has 0 saturated carbocycles. The molecule has 1 N–H and O–H groups in total. The Morgan fingerprint density at radius 1 is 1.04 bits per heavy atom. The van der Waals surface area contributed by atoms with Gasteiger partial charge in [-0.3, -0.25) is 9.71 Å². The first kappa shape index (κ1) is 17.2. The van der Waals surface area contributed by atoms with Gasteiger partial charge in [-0.1, -0.05) is 48.0 Å². The molecule has 2 aromatic carbocycles. The summed E-state index contributed by atoms with van der Waals surface area (Å²) in [5, 5.41) is 0. The first-order chi connectivity index (χ1) is 10.9. The van der Waals surface area contributed by atoms with E-state index in [-0.39, 0.29) is 10.9 Å². The van der Waals surface area contributed by atoms with Gasteiger partial charge in [0.15, 0.2) is 0 Å². The molecule has 0 aliphatic rings. The molecule has 0 spiro atoms. The number of hydrogen-bond acceptors (Lipinski definition) is 3. The third-order valence-corrected chi connectivity index (χ3v) is 4.61. The number of aryl methyl sites for hydroxylation is 1. The molecule has 0 radical (unpaired) electrons. The van der Waals surface area contributed by atoms with Gasteiger partial charge < -0.3 is 0 Å². The van der Waals surface area contributed by atoms with Gasteiger partial charge in [0.1, 0.15) is 5.84 Å². The van der Waals surface area contributed by atoms with Gasteiger partial charge >= 0.3 is 0 Å². The van der Waals surface area contributed by atoms with E-state index in [2.05, 4.69) is 9.71 Å². The van der Waals surface area contributed by atoms with Crippen LogP contribution in [0.2, 0.25) is 0 Å². The average molecular weight is 330 g/mol. The summed E-state index contributed by atoms with van der Waals surface area (Å²) >= 11 is 0. The first-order valence-electron chi connectivity index (χ1n) is 7.57. The van der Waals surface area contributed by atoms with Crippen molar-refractivity contribution in [3.8, 4) is 0 Å². The number of benzene rings is 2. The summed E-state index contributed by atoms with van der Waals surface area (Å²) in [7, 11) is -3.62. The lowest BCUT2D eigenvalue weighted by Gasteiger charge is -2.13. The second-order valence-corrected chi connectivity index (χ2v) is 7.43. The number of rotatable bonds is 5. The highest BCUT2D eigenvalue weighted by Crippen LogP contribution is 2.11. The van der Waals surface area contributed by atoms with Crippen molar-refractivity contribution in [1.29, 1.82) is 0 Å². The molecule has 0 fully saturated rings. The molecule has 0 amide bonds. The summed E-state index contributed by atoms with van der Waals surface area (Å²) in [6.45, 7) is 5.77. The second-order valence-electron chi connectivity index (χ2n) is 5.75. The maximum Gasteiger partial charge on any atom is 0.262 e. The maximum atomic E-state index is 12.5. The number of nitrogens with one attached hydrogen (secondary N) is 1. The Balaban J connectivity index is 2.25. The van der Waals surface area contributed by atoms with Gasteiger partial charge in [-0.15, -0.1) is 0 Å². The van der Waals surface area contributed by atoms with E-state index in [1.54, 1.807) is 24.3 Å². The van der Waals surface area contributed by atoms with Crippen LogP contribution in [-0.4, -0.2) is 20.3 Å². The predicted molar refractivity (Wildman–Crippen MR) is 94.2 cm³/mol. The highest BCUT2D eigenvalue weighted by atomic mass is 32.2. The zero-order valence-electron chi connectivity index (χ0n) is 13.7. The lowest BCUT2D eigenvalue weighted by atomic mass is 10.1. The third-order valence-electron chi connectivity index (χ3n) is 3.21. The minimum absolute atomic E-state index is 0.00873. The van der Waals surface area contributed by atoms with E-state index >= 15 is 0 Å². The maximum absolute atomic E-state index is 12.5. The lowest BCUT2D eigenvalue weighted by molar-refractivity contribution is 0.592. The third kappa shape index (κ3) is 5.21. The number of aliphatic imine (C=N–C) groups is 1. The Kier molecular flexibility index (Phi) is 5.55. The van der Waals surface area contributed by atoms with E-state index in [1.165, 1.54) is 0 Å². The summed E-state index contributed by atoms with van der Waals surface area (Å²) in [6.07, 6.45) is 0.449.